The summed E-state index contributed by atoms with van der Waals surface area (Å²) in [5.74, 6) is -1.01. The third-order valence-electron chi connectivity index (χ3n) is 4.60. The van der Waals surface area contributed by atoms with Crippen LogP contribution in [0.15, 0.2) is 48.5 Å². The summed E-state index contributed by atoms with van der Waals surface area (Å²) in [5.41, 5.74) is 6.54. The molecule has 2 aromatic carbocycles. The van der Waals surface area contributed by atoms with Gasteiger partial charge in [0.25, 0.3) is 0 Å². The Morgan fingerprint density at radius 3 is 2.19 bits per heavy atom. The number of benzene rings is 2. The molecule has 0 aliphatic heterocycles. The van der Waals surface area contributed by atoms with Crippen molar-refractivity contribution < 1.29 is 14.4 Å². The van der Waals surface area contributed by atoms with Crippen molar-refractivity contribution in [1.82, 2.24) is 9.80 Å². The van der Waals surface area contributed by atoms with Crippen molar-refractivity contribution in [3.63, 3.8) is 0 Å². The number of hydrogen-bond acceptors (Lipinski definition) is 4. The summed E-state index contributed by atoms with van der Waals surface area (Å²) in [6.07, 6.45) is 0.0657. The van der Waals surface area contributed by atoms with Crippen LogP contribution in [0.1, 0.15) is 18.9 Å². The molecule has 3 amide bonds. The minimum atomic E-state index is -0.478. The quantitative estimate of drug-likeness (QED) is 0.533. The normalized spacial score (nSPS) is 10.7. The number of halogens is 2. The second kappa shape index (κ2) is 12.3. The number of amides is 3. The van der Waals surface area contributed by atoms with Crippen molar-refractivity contribution in [2.75, 3.05) is 31.5 Å². The van der Waals surface area contributed by atoms with Crippen LogP contribution in [0.5, 0.6) is 0 Å². The molecule has 31 heavy (non-hydrogen) atoms. The predicted molar refractivity (Wildman–Crippen MR) is 123 cm³/mol. The minimum Gasteiger partial charge on any atom is -0.370 e. The van der Waals surface area contributed by atoms with E-state index in [9.17, 15) is 14.4 Å². The van der Waals surface area contributed by atoms with Crippen LogP contribution in [-0.2, 0) is 20.9 Å². The van der Waals surface area contributed by atoms with E-state index in [0.29, 0.717) is 28.8 Å². The maximum absolute atomic E-state index is 12.9. The fourth-order valence-corrected chi connectivity index (χ4v) is 3.40. The zero-order chi connectivity index (χ0) is 22.8. The first kappa shape index (κ1) is 24.7. The van der Waals surface area contributed by atoms with Crippen LogP contribution in [-0.4, -0.2) is 53.7 Å². The van der Waals surface area contributed by atoms with Gasteiger partial charge in [-0.2, -0.15) is 0 Å². The van der Waals surface area contributed by atoms with Crippen LogP contribution in [0.2, 0.25) is 10.0 Å². The number of hydrogen-bond donors (Lipinski definition) is 2. The van der Waals surface area contributed by atoms with Gasteiger partial charge < -0.3 is 16.0 Å². The lowest BCUT2D eigenvalue weighted by atomic mass is 10.2. The second-order valence-corrected chi connectivity index (χ2v) is 7.78. The van der Waals surface area contributed by atoms with Crippen LogP contribution < -0.4 is 11.1 Å². The second-order valence-electron chi connectivity index (χ2n) is 6.97. The number of nitrogens with one attached hydrogen (secondary N) is 1. The highest BCUT2D eigenvalue weighted by Gasteiger charge is 2.20. The fourth-order valence-electron chi connectivity index (χ4n) is 2.91. The van der Waals surface area contributed by atoms with E-state index in [2.05, 4.69) is 5.32 Å². The van der Waals surface area contributed by atoms with Gasteiger partial charge in [-0.3, -0.25) is 19.3 Å². The van der Waals surface area contributed by atoms with Gasteiger partial charge in [-0.1, -0.05) is 66.5 Å². The number of primary amides is 1. The lowest BCUT2D eigenvalue weighted by molar-refractivity contribution is -0.133. The van der Waals surface area contributed by atoms with Gasteiger partial charge in [0, 0.05) is 19.5 Å². The predicted octanol–water partition coefficient (Wildman–Crippen LogP) is 3.16. The van der Waals surface area contributed by atoms with Crippen molar-refractivity contribution in [2.45, 2.75) is 19.9 Å². The summed E-state index contributed by atoms with van der Waals surface area (Å²) >= 11 is 12.2. The van der Waals surface area contributed by atoms with Crippen LogP contribution in [0.25, 0.3) is 0 Å². The smallest absolute Gasteiger partial charge is 0.238 e. The summed E-state index contributed by atoms with van der Waals surface area (Å²) in [5, 5.41) is 3.36. The lowest BCUT2D eigenvalue weighted by Crippen LogP contribution is -2.43. The zero-order valence-electron chi connectivity index (χ0n) is 17.3. The summed E-state index contributed by atoms with van der Waals surface area (Å²) in [6.45, 7) is 2.90. The van der Waals surface area contributed by atoms with Crippen LogP contribution >= 0.6 is 23.2 Å². The lowest BCUT2D eigenvalue weighted by Gasteiger charge is -2.26. The molecule has 0 radical (unpaired) electrons. The van der Waals surface area contributed by atoms with Crippen molar-refractivity contribution in [3.8, 4) is 0 Å². The molecule has 3 N–H and O–H groups in total. The maximum atomic E-state index is 12.9. The number of anilines is 1. The molecular weight excluding hydrogens is 439 g/mol. The number of carbonyl (C=O) groups excluding carboxylic acids is 3. The summed E-state index contributed by atoms with van der Waals surface area (Å²) in [7, 11) is 0. The third kappa shape index (κ3) is 8.20. The molecule has 0 unspecified atom stereocenters. The Hall–Kier alpha value is -2.61. The van der Waals surface area contributed by atoms with Gasteiger partial charge in [0.05, 0.1) is 28.8 Å². The molecule has 0 aliphatic rings. The maximum Gasteiger partial charge on any atom is 0.238 e. The number of para-hydroxylation sites is 1. The minimum absolute atomic E-state index is 0.0151. The Kier molecular flexibility index (Phi) is 9.78. The largest absolute Gasteiger partial charge is 0.370 e. The Morgan fingerprint density at radius 1 is 0.968 bits per heavy atom. The van der Waals surface area contributed by atoms with Crippen molar-refractivity contribution in [3.05, 3.63) is 64.1 Å². The van der Waals surface area contributed by atoms with Gasteiger partial charge in [0.1, 0.15) is 0 Å². The average Bonchev–Trinajstić information content (AvgIpc) is 2.73. The van der Waals surface area contributed by atoms with Crippen molar-refractivity contribution in [1.29, 1.82) is 0 Å². The van der Waals surface area contributed by atoms with E-state index in [1.54, 1.807) is 28.0 Å². The van der Waals surface area contributed by atoms with E-state index in [0.717, 1.165) is 5.56 Å². The Balaban J connectivity index is 2.01. The highest BCUT2D eigenvalue weighted by Crippen LogP contribution is 2.29. The molecule has 2 rings (SSSR count). The monoisotopic (exact) mass is 464 g/mol. The first-order chi connectivity index (χ1) is 14.8. The van der Waals surface area contributed by atoms with Gasteiger partial charge in [0.15, 0.2) is 0 Å². The number of rotatable bonds is 11. The molecule has 0 heterocycles. The Morgan fingerprint density at radius 2 is 1.61 bits per heavy atom. The summed E-state index contributed by atoms with van der Waals surface area (Å²) < 4.78 is 0. The molecule has 166 valence electrons. The van der Waals surface area contributed by atoms with E-state index >= 15 is 0 Å². The Bertz CT molecular complexity index is 889. The van der Waals surface area contributed by atoms with Crippen molar-refractivity contribution >= 4 is 46.6 Å². The molecule has 0 spiro atoms. The van der Waals surface area contributed by atoms with E-state index < -0.39 is 5.91 Å². The summed E-state index contributed by atoms with van der Waals surface area (Å²) in [4.78, 5) is 39.9. The van der Waals surface area contributed by atoms with E-state index in [-0.39, 0.29) is 37.9 Å². The third-order valence-corrected chi connectivity index (χ3v) is 5.23. The molecule has 0 atom stereocenters. The zero-order valence-corrected chi connectivity index (χ0v) is 18.8. The molecule has 9 heteroatoms. The topological polar surface area (TPSA) is 95.7 Å². The molecule has 0 saturated carbocycles. The van der Waals surface area contributed by atoms with Gasteiger partial charge in [0.2, 0.25) is 17.7 Å². The van der Waals surface area contributed by atoms with Crippen LogP contribution in [0.3, 0.4) is 0 Å². The van der Waals surface area contributed by atoms with E-state index in [4.69, 9.17) is 28.9 Å². The molecule has 0 fully saturated rings. The van der Waals surface area contributed by atoms with Gasteiger partial charge in [-0.15, -0.1) is 0 Å². The highest BCUT2D eigenvalue weighted by atomic mass is 35.5. The molecule has 0 saturated heterocycles. The average molecular weight is 465 g/mol. The van der Waals surface area contributed by atoms with E-state index in [1.807, 2.05) is 37.3 Å². The highest BCUT2D eigenvalue weighted by molar-refractivity contribution is 6.39. The number of nitrogens with zero attached hydrogens (tertiary/aromatic N) is 2. The molecule has 2 aromatic rings. The fraction of sp³-hybridized carbons (Fsp3) is 0.318. The van der Waals surface area contributed by atoms with Crippen LogP contribution in [0, 0.1) is 0 Å². The SMILES string of the molecule is CCN(CC(=O)Nc1c(Cl)cccc1Cl)CC(=O)N(CCC(N)=O)Cc1ccccc1. The van der Waals surface area contributed by atoms with Gasteiger partial charge in [-0.05, 0) is 24.2 Å². The number of carbonyl (C=O) groups is 3. The first-order valence-electron chi connectivity index (χ1n) is 9.86. The van der Waals surface area contributed by atoms with Gasteiger partial charge >= 0.3 is 0 Å². The number of nitrogens with two attached hydrogens (primary N) is 1. The van der Waals surface area contributed by atoms with Gasteiger partial charge in [-0.25, -0.2) is 0 Å². The van der Waals surface area contributed by atoms with Crippen LogP contribution in [0.4, 0.5) is 5.69 Å². The Labute approximate surface area is 192 Å². The van der Waals surface area contributed by atoms with E-state index in [1.165, 1.54) is 0 Å². The summed E-state index contributed by atoms with van der Waals surface area (Å²) in [6, 6.07) is 14.4. The molecule has 0 aliphatic carbocycles. The number of likely N-dealkylation sites (N-methyl/N-ethyl adjacent to an activating group) is 1. The molecule has 7 nitrogen and oxygen atoms in total. The first-order valence-corrected chi connectivity index (χ1v) is 10.6. The standard InChI is InChI=1S/C22H26Cl2N4O3/c1-2-27(14-20(30)26-22-17(23)9-6-10-18(22)24)15-21(31)28(12-11-19(25)29)13-16-7-4-3-5-8-16/h3-10H,2,11-15H2,1H3,(H2,25,29)(H,26,30). The molecular formula is C22H26Cl2N4O3. The molecule has 0 aromatic heterocycles. The van der Waals surface area contributed by atoms with Crippen molar-refractivity contribution in [2.24, 2.45) is 5.73 Å². The molecule has 0 bridgehead atoms.